The van der Waals surface area contributed by atoms with E-state index >= 15 is 0 Å². The van der Waals surface area contributed by atoms with Crippen molar-refractivity contribution >= 4 is 27.6 Å². The smallest absolute Gasteiger partial charge is 0.290 e. The highest BCUT2D eigenvalue weighted by atomic mass is 79.9. The van der Waals surface area contributed by atoms with Gasteiger partial charge < -0.3 is 14.9 Å². The van der Waals surface area contributed by atoms with E-state index in [0.29, 0.717) is 6.54 Å². The Morgan fingerprint density at radius 2 is 1.91 bits per heavy atom. The van der Waals surface area contributed by atoms with Gasteiger partial charge in [-0.15, -0.1) is 0 Å². The number of benzene rings is 1. The van der Waals surface area contributed by atoms with Crippen molar-refractivity contribution in [2.75, 3.05) is 27.2 Å². The third-order valence-corrected chi connectivity index (χ3v) is 4.40. The average Bonchev–Trinajstić information content (AvgIpc) is 2.72. The first-order chi connectivity index (χ1) is 10.8. The minimum absolute atomic E-state index is 0.183. The van der Waals surface area contributed by atoms with Gasteiger partial charge in [-0.05, 0) is 51.7 Å². The number of aliphatic hydroxyl groups is 1. The molecule has 2 rings (SSSR count). The minimum atomic E-state index is -0.518. The van der Waals surface area contributed by atoms with E-state index in [4.69, 9.17) is 0 Å². The van der Waals surface area contributed by atoms with Crippen molar-refractivity contribution < 1.29 is 14.7 Å². The summed E-state index contributed by atoms with van der Waals surface area (Å²) in [6.45, 7) is 2.69. The van der Waals surface area contributed by atoms with Crippen molar-refractivity contribution in [3.63, 3.8) is 0 Å². The van der Waals surface area contributed by atoms with Gasteiger partial charge >= 0.3 is 0 Å². The number of halogens is 1. The molecule has 1 N–H and O–H groups in total. The van der Waals surface area contributed by atoms with Crippen LogP contribution in [0.5, 0.6) is 0 Å². The summed E-state index contributed by atoms with van der Waals surface area (Å²) in [5.74, 6) is -1.17. The second kappa shape index (κ2) is 7.27. The SMILES string of the molecule is CC(=O)C1=C(O)C(=O)N(CCCN(C)C)[C@H]1c1ccc(Br)cc1. The number of carbonyl (C=O) groups excluding carboxylic acids is 2. The lowest BCUT2D eigenvalue weighted by Gasteiger charge is -2.27. The van der Waals surface area contributed by atoms with E-state index in [9.17, 15) is 14.7 Å². The molecule has 1 heterocycles. The summed E-state index contributed by atoms with van der Waals surface area (Å²) in [4.78, 5) is 28.0. The van der Waals surface area contributed by atoms with Gasteiger partial charge in [0.2, 0.25) is 0 Å². The second-order valence-corrected chi connectivity index (χ2v) is 6.84. The molecule has 5 nitrogen and oxygen atoms in total. The van der Waals surface area contributed by atoms with Gasteiger partial charge in [-0.25, -0.2) is 0 Å². The molecule has 0 saturated carbocycles. The van der Waals surface area contributed by atoms with Gasteiger partial charge in [0.05, 0.1) is 11.6 Å². The predicted molar refractivity (Wildman–Crippen MR) is 92.1 cm³/mol. The maximum absolute atomic E-state index is 12.4. The Morgan fingerprint density at radius 1 is 1.30 bits per heavy atom. The Balaban J connectivity index is 2.34. The van der Waals surface area contributed by atoms with Crippen LogP contribution in [0.15, 0.2) is 40.1 Å². The number of aliphatic hydroxyl groups excluding tert-OH is 1. The first-order valence-electron chi connectivity index (χ1n) is 7.48. The fourth-order valence-corrected chi connectivity index (χ4v) is 3.06. The van der Waals surface area contributed by atoms with Crippen LogP contribution in [-0.2, 0) is 9.59 Å². The van der Waals surface area contributed by atoms with Crippen molar-refractivity contribution in [3.8, 4) is 0 Å². The average molecular weight is 381 g/mol. The number of amides is 1. The zero-order chi connectivity index (χ0) is 17.1. The van der Waals surface area contributed by atoms with Crippen LogP contribution < -0.4 is 0 Å². The molecular weight excluding hydrogens is 360 g/mol. The molecule has 124 valence electrons. The summed E-state index contributed by atoms with van der Waals surface area (Å²) < 4.78 is 0.919. The molecule has 1 amide bonds. The Morgan fingerprint density at radius 3 is 2.43 bits per heavy atom. The summed E-state index contributed by atoms with van der Waals surface area (Å²) >= 11 is 3.38. The molecule has 0 saturated heterocycles. The summed E-state index contributed by atoms with van der Waals surface area (Å²) in [6, 6.07) is 6.94. The molecule has 0 radical (unpaired) electrons. The summed E-state index contributed by atoms with van der Waals surface area (Å²) in [5.41, 5.74) is 1.00. The molecule has 1 aromatic rings. The topological polar surface area (TPSA) is 60.9 Å². The number of ketones is 1. The van der Waals surface area contributed by atoms with Crippen LogP contribution in [0.25, 0.3) is 0 Å². The Bertz CT molecular complexity index is 638. The first-order valence-corrected chi connectivity index (χ1v) is 8.27. The van der Waals surface area contributed by atoms with Crippen LogP contribution in [0.3, 0.4) is 0 Å². The largest absolute Gasteiger partial charge is 0.503 e. The minimum Gasteiger partial charge on any atom is -0.503 e. The molecule has 1 aliphatic heterocycles. The van der Waals surface area contributed by atoms with E-state index in [-0.39, 0.29) is 11.4 Å². The van der Waals surface area contributed by atoms with Gasteiger partial charge in [-0.3, -0.25) is 9.59 Å². The molecule has 0 unspecified atom stereocenters. The quantitative estimate of drug-likeness (QED) is 0.823. The number of hydrogen-bond acceptors (Lipinski definition) is 4. The van der Waals surface area contributed by atoms with Gasteiger partial charge in [0.1, 0.15) is 0 Å². The van der Waals surface area contributed by atoms with Crippen LogP contribution in [0.2, 0.25) is 0 Å². The molecule has 1 aliphatic rings. The lowest BCUT2D eigenvalue weighted by atomic mass is 9.97. The fraction of sp³-hybridized carbons (Fsp3) is 0.412. The second-order valence-electron chi connectivity index (χ2n) is 5.93. The van der Waals surface area contributed by atoms with Crippen molar-refractivity contribution in [1.29, 1.82) is 0 Å². The van der Waals surface area contributed by atoms with Crippen LogP contribution in [0.4, 0.5) is 0 Å². The molecule has 23 heavy (non-hydrogen) atoms. The molecule has 0 bridgehead atoms. The normalized spacial score (nSPS) is 18.2. The van der Waals surface area contributed by atoms with Crippen molar-refractivity contribution in [1.82, 2.24) is 9.80 Å². The van der Waals surface area contributed by atoms with Gasteiger partial charge in [-0.2, -0.15) is 0 Å². The number of nitrogens with zero attached hydrogens (tertiary/aromatic N) is 2. The lowest BCUT2D eigenvalue weighted by molar-refractivity contribution is -0.129. The van der Waals surface area contributed by atoms with Crippen molar-refractivity contribution in [3.05, 3.63) is 45.6 Å². The molecule has 6 heteroatoms. The monoisotopic (exact) mass is 380 g/mol. The van der Waals surface area contributed by atoms with E-state index in [1.54, 1.807) is 4.90 Å². The first kappa shape index (κ1) is 17.7. The molecule has 0 aromatic heterocycles. The molecule has 1 aromatic carbocycles. The predicted octanol–water partition coefficient (Wildman–Crippen LogP) is 2.69. The highest BCUT2D eigenvalue weighted by Gasteiger charge is 2.41. The molecule has 1 atom stereocenters. The molecular formula is C17H21BrN2O3. The molecule has 0 spiro atoms. The third kappa shape index (κ3) is 3.82. The van der Waals surface area contributed by atoms with Crippen LogP contribution >= 0.6 is 15.9 Å². The molecule has 0 aliphatic carbocycles. The standard InChI is InChI=1S/C17H21BrN2O3/c1-11(21)14-15(12-5-7-13(18)8-6-12)20(17(23)16(14)22)10-4-9-19(2)3/h5-8,15,22H,4,9-10H2,1-3H3/t15-/m0/s1. The fourth-order valence-electron chi connectivity index (χ4n) is 2.79. The number of carbonyl (C=O) groups is 2. The van der Waals surface area contributed by atoms with Crippen LogP contribution in [0, 0.1) is 0 Å². The number of rotatable bonds is 6. The van der Waals surface area contributed by atoms with Gasteiger partial charge in [0, 0.05) is 11.0 Å². The van der Waals surface area contributed by atoms with E-state index in [2.05, 4.69) is 15.9 Å². The summed E-state index contributed by atoms with van der Waals surface area (Å²) in [5, 5.41) is 10.1. The Kier molecular flexibility index (Phi) is 5.59. The van der Waals surface area contributed by atoms with E-state index in [1.807, 2.05) is 43.3 Å². The highest BCUT2D eigenvalue weighted by Crippen LogP contribution is 2.37. The summed E-state index contributed by atoms with van der Waals surface area (Å²) in [6.07, 6.45) is 0.768. The maximum Gasteiger partial charge on any atom is 0.290 e. The van der Waals surface area contributed by atoms with Crippen LogP contribution in [0.1, 0.15) is 24.9 Å². The zero-order valence-electron chi connectivity index (χ0n) is 13.5. The van der Waals surface area contributed by atoms with Gasteiger partial charge in [0.25, 0.3) is 5.91 Å². The Labute approximate surface area is 144 Å². The van der Waals surface area contributed by atoms with E-state index < -0.39 is 17.7 Å². The van der Waals surface area contributed by atoms with Gasteiger partial charge in [-0.1, -0.05) is 28.1 Å². The zero-order valence-corrected chi connectivity index (χ0v) is 15.1. The van der Waals surface area contributed by atoms with E-state index in [0.717, 1.165) is 23.0 Å². The third-order valence-electron chi connectivity index (χ3n) is 3.87. The highest BCUT2D eigenvalue weighted by molar-refractivity contribution is 9.10. The van der Waals surface area contributed by atoms with Crippen molar-refractivity contribution in [2.24, 2.45) is 0 Å². The van der Waals surface area contributed by atoms with E-state index in [1.165, 1.54) is 6.92 Å². The molecule has 0 fully saturated rings. The number of hydrogen-bond donors (Lipinski definition) is 1. The summed E-state index contributed by atoms with van der Waals surface area (Å²) in [7, 11) is 3.93. The number of Topliss-reactive ketones (excluding diaryl/α,β-unsaturated/α-hetero) is 1. The van der Waals surface area contributed by atoms with Crippen molar-refractivity contribution in [2.45, 2.75) is 19.4 Å². The van der Waals surface area contributed by atoms with Gasteiger partial charge in [0.15, 0.2) is 11.5 Å². The Hall–Kier alpha value is -1.66. The lowest BCUT2D eigenvalue weighted by Crippen LogP contribution is -2.33. The maximum atomic E-state index is 12.4. The van der Waals surface area contributed by atoms with Crippen LogP contribution in [-0.4, -0.2) is 53.8 Å².